The van der Waals surface area contributed by atoms with Crippen LogP contribution in [0.5, 0.6) is 0 Å². The summed E-state index contributed by atoms with van der Waals surface area (Å²) < 4.78 is 5.12. The van der Waals surface area contributed by atoms with Crippen LogP contribution in [0.15, 0.2) is 18.2 Å². The lowest BCUT2D eigenvalue weighted by atomic mass is 10.1. The van der Waals surface area contributed by atoms with Crippen molar-refractivity contribution in [1.29, 1.82) is 0 Å². The largest absolute Gasteiger partial charge is 0.383 e. The third kappa shape index (κ3) is 5.05. The van der Waals surface area contributed by atoms with Crippen molar-refractivity contribution in [3.05, 3.63) is 29.3 Å². The van der Waals surface area contributed by atoms with Crippen LogP contribution in [0.1, 0.15) is 35.2 Å². The second-order valence-electron chi connectivity index (χ2n) is 7.45. The normalized spacial score (nSPS) is 20.2. The molecule has 0 radical (unpaired) electrons. The number of amides is 2. The van der Waals surface area contributed by atoms with Crippen molar-refractivity contribution < 1.29 is 14.3 Å². The van der Waals surface area contributed by atoms with E-state index in [9.17, 15) is 9.59 Å². The second-order valence-corrected chi connectivity index (χ2v) is 7.45. The predicted octanol–water partition coefficient (Wildman–Crippen LogP) is 2.04. The topological polar surface area (TPSA) is 70.7 Å². The third-order valence-electron chi connectivity index (χ3n) is 5.24. The molecule has 26 heavy (non-hydrogen) atoms. The molecule has 1 aromatic carbocycles. The average Bonchev–Trinajstić information content (AvgIpc) is 3.39. The minimum absolute atomic E-state index is 0.0627. The van der Waals surface area contributed by atoms with Gasteiger partial charge in [-0.2, -0.15) is 0 Å². The van der Waals surface area contributed by atoms with E-state index in [0.29, 0.717) is 18.0 Å². The Morgan fingerprint density at radius 1 is 1.27 bits per heavy atom. The van der Waals surface area contributed by atoms with Crippen LogP contribution in [0, 0.1) is 18.8 Å². The Labute approximate surface area is 155 Å². The van der Waals surface area contributed by atoms with Gasteiger partial charge in [-0.1, -0.05) is 6.07 Å². The van der Waals surface area contributed by atoms with Crippen LogP contribution >= 0.6 is 0 Å². The van der Waals surface area contributed by atoms with Gasteiger partial charge in [0.2, 0.25) is 5.91 Å². The van der Waals surface area contributed by atoms with Crippen molar-refractivity contribution in [3.63, 3.8) is 0 Å². The molecule has 0 bridgehead atoms. The highest BCUT2D eigenvalue weighted by atomic mass is 16.5. The number of hydrogen-bond donors (Lipinski definition) is 2. The van der Waals surface area contributed by atoms with Crippen LogP contribution in [0.3, 0.4) is 0 Å². The van der Waals surface area contributed by atoms with Crippen LogP contribution in [-0.4, -0.2) is 56.6 Å². The minimum atomic E-state index is -0.0812. The van der Waals surface area contributed by atoms with Gasteiger partial charge in [0.05, 0.1) is 6.61 Å². The van der Waals surface area contributed by atoms with Gasteiger partial charge in [0.15, 0.2) is 0 Å². The Kier molecular flexibility index (Phi) is 6.27. The first-order valence-electron chi connectivity index (χ1n) is 9.48. The summed E-state index contributed by atoms with van der Waals surface area (Å²) in [6.07, 6.45) is 3.03. The van der Waals surface area contributed by atoms with Crippen LogP contribution in [0.25, 0.3) is 0 Å². The third-order valence-corrected chi connectivity index (χ3v) is 5.24. The number of nitrogens with zero attached hydrogens (tertiary/aromatic N) is 1. The highest BCUT2D eigenvalue weighted by Crippen LogP contribution is 2.30. The van der Waals surface area contributed by atoms with Gasteiger partial charge in [-0.05, 0) is 56.3 Å². The smallest absolute Gasteiger partial charge is 0.251 e. The lowest BCUT2D eigenvalue weighted by molar-refractivity contribution is -0.117. The molecule has 1 atom stereocenters. The molecule has 1 heterocycles. The zero-order valence-electron chi connectivity index (χ0n) is 15.7. The van der Waals surface area contributed by atoms with Gasteiger partial charge in [-0.15, -0.1) is 0 Å². The van der Waals surface area contributed by atoms with E-state index in [0.717, 1.165) is 56.8 Å². The van der Waals surface area contributed by atoms with Crippen molar-refractivity contribution in [1.82, 2.24) is 10.2 Å². The summed E-state index contributed by atoms with van der Waals surface area (Å²) in [4.78, 5) is 26.9. The number of aryl methyl sites for hydroxylation is 1. The van der Waals surface area contributed by atoms with Gasteiger partial charge in [0.25, 0.3) is 5.91 Å². The zero-order valence-corrected chi connectivity index (χ0v) is 15.7. The number of carbonyl (C=O) groups excluding carboxylic acids is 2. The molecule has 1 aliphatic carbocycles. The summed E-state index contributed by atoms with van der Waals surface area (Å²) in [7, 11) is 1.72. The number of hydrogen-bond acceptors (Lipinski definition) is 4. The predicted molar refractivity (Wildman–Crippen MR) is 101 cm³/mol. The van der Waals surface area contributed by atoms with E-state index in [1.807, 2.05) is 19.1 Å². The fourth-order valence-corrected chi connectivity index (χ4v) is 3.32. The van der Waals surface area contributed by atoms with Gasteiger partial charge in [0.1, 0.15) is 0 Å². The quantitative estimate of drug-likeness (QED) is 0.745. The zero-order chi connectivity index (χ0) is 18.5. The summed E-state index contributed by atoms with van der Waals surface area (Å²) in [5.41, 5.74) is 2.30. The second kappa shape index (κ2) is 8.64. The minimum Gasteiger partial charge on any atom is -0.383 e. The molecule has 0 unspecified atom stereocenters. The van der Waals surface area contributed by atoms with E-state index >= 15 is 0 Å². The van der Waals surface area contributed by atoms with E-state index in [1.165, 1.54) is 0 Å². The van der Waals surface area contributed by atoms with Crippen LogP contribution in [0.4, 0.5) is 5.69 Å². The highest BCUT2D eigenvalue weighted by Gasteiger charge is 2.30. The number of ether oxygens (including phenoxy) is 1. The molecular weight excluding hydrogens is 330 g/mol. The Balaban J connectivity index is 1.50. The molecule has 1 aromatic rings. The van der Waals surface area contributed by atoms with Gasteiger partial charge < -0.3 is 20.3 Å². The number of rotatable bonds is 8. The Morgan fingerprint density at radius 3 is 2.81 bits per heavy atom. The van der Waals surface area contributed by atoms with Crippen LogP contribution < -0.4 is 10.6 Å². The molecular formula is C20H29N3O3. The summed E-state index contributed by atoms with van der Waals surface area (Å²) in [6.45, 7) is 6.38. The van der Waals surface area contributed by atoms with E-state index < -0.39 is 0 Å². The van der Waals surface area contributed by atoms with Gasteiger partial charge >= 0.3 is 0 Å². The molecule has 2 fully saturated rings. The molecule has 6 nitrogen and oxygen atoms in total. The summed E-state index contributed by atoms with van der Waals surface area (Å²) in [6, 6.07) is 5.49. The van der Waals surface area contributed by atoms with Crippen molar-refractivity contribution in [2.45, 2.75) is 26.2 Å². The summed E-state index contributed by atoms with van der Waals surface area (Å²) >= 11 is 0. The number of benzene rings is 1. The summed E-state index contributed by atoms with van der Waals surface area (Å²) in [5, 5.41) is 6.00. The molecule has 2 N–H and O–H groups in total. The maximum Gasteiger partial charge on any atom is 0.251 e. The maximum absolute atomic E-state index is 12.5. The first-order valence-corrected chi connectivity index (χ1v) is 9.48. The molecule has 3 rings (SSSR count). The monoisotopic (exact) mass is 359 g/mol. The molecule has 2 amide bonds. The molecule has 1 aliphatic heterocycles. The van der Waals surface area contributed by atoms with E-state index in [1.54, 1.807) is 13.2 Å². The average molecular weight is 359 g/mol. The van der Waals surface area contributed by atoms with Crippen molar-refractivity contribution in [2.24, 2.45) is 11.8 Å². The molecule has 0 spiro atoms. The van der Waals surface area contributed by atoms with Gasteiger partial charge in [-0.25, -0.2) is 0 Å². The fourth-order valence-electron chi connectivity index (χ4n) is 3.32. The van der Waals surface area contributed by atoms with Crippen LogP contribution in [0.2, 0.25) is 0 Å². The SMILES string of the molecule is COCCN1CC[C@H](CNC(=O)c2ccc(C)c(NC(=O)C3CC3)c2)C1. The molecule has 0 aromatic heterocycles. The number of methoxy groups -OCH3 is 1. The molecule has 2 aliphatic rings. The fraction of sp³-hybridized carbons (Fsp3) is 0.600. The van der Waals surface area contributed by atoms with E-state index in [-0.39, 0.29) is 17.7 Å². The Morgan fingerprint density at radius 2 is 2.08 bits per heavy atom. The molecule has 1 saturated carbocycles. The Hall–Kier alpha value is -1.92. The number of likely N-dealkylation sites (tertiary alicyclic amines) is 1. The van der Waals surface area contributed by atoms with E-state index in [2.05, 4.69) is 15.5 Å². The molecule has 1 saturated heterocycles. The maximum atomic E-state index is 12.5. The van der Waals surface area contributed by atoms with Crippen LogP contribution in [-0.2, 0) is 9.53 Å². The Bertz CT molecular complexity index is 658. The van der Waals surface area contributed by atoms with E-state index in [4.69, 9.17) is 4.74 Å². The van der Waals surface area contributed by atoms with Crippen molar-refractivity contribution in [2.75, 3.05) is 45.2 Å². The molecule has 142 valence electrons. The lowest BCUT2D eigenvalue weighted by Gasteiger charge is -2.16. The van der Waals surface area contributed by atoms with Gasteiger partial charge in [-0.3, -0.25) is 9.59 Å². The number of carbonyl (C=O) groups is 2. The number of nitrogens with one attached hydrogen (secondary N) is 2. The standard InChI is InChI=1S/C20H29N3O3/c1-14-3-4-17(11-18(14)22-20(25)16-5-6-16)19(24)21-12-15-7-8-23(13-15)9-10-26-2/h3-4,11,15-16H,5-10,12-13H2,1-2H3,(H,21,24)(H,22,25)/t15-/m1/s1. The van der Waals surface area contributed by atoms with Crippen molar-refractivity contribution in [3.8, 4) is 0 Å². The number of anilines is 1. The van der Waals surface area contributed by atoms with Gasteiger partial charge in [0, 0.05) is 43.9 Å². The lowest BCUT2D eigenvalue weighted by Crippen LogP contribution is -2.31. The van der Waals surface area contributed by atoms with Crippen molar-refractivity contribution >= 4 is 17.5 Å². The first kappa shape index (κ1) is 18.9. The first-order chi connectivity index (χ1) is 12.6. The highest BCUT2D eigenvalue weighted by molar-refractivity contribution is 5.98. The summed E-state index contributed by atoms with van der Waals surface area (Å²) in [5.74, 6) is 0.612. The molecule has 6 heteroatoms.